The number of hydrogen-bond acceptors (Lipinski definition) is 3. The first-order chi connectivity index (χ1) is 8.08. The summed E-state index contributed by atoms with van der Waals surface area (Å²) < 4.78 is 0.942. The van der Waals surface area contributed by atoms with Gasteiger partial charge in [0.15, 0.2) is 0 Å². The summed E-state index contributed by atoms with van der Waals surface area (Å²) in [5.74, 6) is 0.0883. The van der Waals surface area contributed by atoms with E-state index >= 15 is 0 Å². The molecule has 2 aromatic rings. The molecule has 0 aromatic heterocycles. The summed E-state index contributed by atoms with van der Waals surface area (Å²) in [4.78, 5) is 0. The van der Waals surface area contributed by atoms with Crippen LogP contribution in [0, 0.1) is 0 Å². The highest BCUT2D eigenvalue weighted by Gasteiger charge is 2.13. The van der Waals surface area contributed by atoms with Crippen LogP contribution >= 0.6 is 15.9 Å². The summed E-state index contributed by atoms with van der Waals surface area (Å²) in [6.07, 6.45) is -0.838. The first kappa shape index (κ1) is 12.0. The lowest BCUT2D eigenvalue weighted by atomic mass is 10.00. The number of nitrogen functional groups attached to an aromatic ring is 1. The van der Waals surface area contributed by atoms with Crippen molar-refractivity contribution in [1.82, 2.24) is 0 Å². The Morgan fingerprint density at radius 2 is 1.71 bits per heavy atom. The second-order valence-electron chi connectivity index (χ2n) is 3.77. The molecule has 0 aliphatic rings. The first-order valence-electron chi connectivity index (χ1n) is 5.10. The van der Waals surface area contributed by atoms with Crippen LogP contribution in [0.15, 0.2) is 46.9 Å². The molecule has 4 N–H and O–H groups in total. The maximum atomic E-state index is 10.2. The van der Waals surface area contributed by atoms with Crippen LogP contribution in [0.5, 0.6) is 5.75 Å². The van der Waals surface area contributed by atoms with Crippen molar-refractivity contribution in [2.45, 2.75) is 6.10 Å². The van der Waals surface area contributed by atoms with Gasteiger partial charge in [0.05, 0.1) is 0 Å². The van der Waals surface area contributed by atoms with Crippen molar-refractivity contribution in [3.05, 3.63) is 58.1 Å². The third kappa shape index (κ3) is 2.60. The Morgan fingerprint density at radius 3 is 2.35 bits per heavy atom. The van der Waals surface area contributed by atoms with Crippen LogP contribution < -0.4 is 5.73 Å². The molecule has 0 aliphatic heterocycles. The summed E-state index contributed by atoms with van der Waals surface area (Å²) in [5.41, 5.74) is 7.47. The minimum absolute atomic E-state index is 0.0883. The van der Waals surface area contributed by atoms with Crippen LogP contribution in [-0.2, 0) is 0 Å². The smallest absolute Gasteiger partial charge is 0.116 e. The third-order valence-electron chi connectivity index (χ3n) is 2.55. The minimum atomic E-state index is -0.838. The van der Waals surface area contributed by atoms with E-state index in [0.29, 0.717) is 11.3 Å². The fourth-order valence-corrected chi connectivity index (χ4v) is 1.89. The van der Waals surface area contributed by atoms with E-state index in [-0.39, 0.29) is 5.75 Å². The lowest BCUT2D eigenvalue weighted by Gasteiger charge is -2.14. The molecule has 0 bridgehead atoms. The van der Waals surface area contributed by atoms with E-state index in [2.05, 4.69) is 15.9 Å². The molecular weight excluding hydrogens is 282 g/mol. The maximum absolute atomic E-state index is 10.2. The number of halogens is 1. The standard InChI is InChI=1S/C13H12BrNO2/c14-9-3-1-8(2-4-9)13(17)11-7-10(16)5-6-12(11)15/h1-7,13,16-17H,15H2. The second-order valence-corrected chi connectivity index (χ2v) is 4.68. The van der Waals surface area contributed by atoms with Crippen molar-refractivity contribution >= 4 is 21.6 Å². The Kier molecular flexibility index (Phi) is 3.36. The van der Waals surface area contributed by atoms with Crippen LogP contribution in [0.3, 0.4) is 0 Å². The number of aliphatic hydroxyl groups excluding tert-OH is 1. The quantitative estimate of drug-likeness (QED) is 0.589. The van der Waals surface area contributed by atoms with Crippen molar-refractivity contribution in [2.75, 3.05) is 5.73 Å². The minimum Gasteiger partial charge on any atom is -0.508 e. The fourth-order valence-electron chi connectivity index (χ4n) is 1.62. The van der Waals surface area contributed by atoms with E-state index in [0.717, 1.165) is 10.0 Å². The molecule has 0 saturated heterocycles. The van der Waals surface area contributed by atoms with Gasteiger partial charge in [-0.15, -0.1) is 0 Å². The van der Waals surface area contributed by atoms with E-state index in [1.807, 2.05) is 12.1 Å². The molecule has 2 aromatic carbocycles. The molecule has 0 aliphatic carbocycles. The lowest BCUT2D eigenvalue weighted by Crippen LogP contribution is -2.03. The summed E-state index contributed by atoms with van der Waals surface area (Å²) in [6, 6.07) is 11.8. The van der Waals surface area contributed by atoms with Gasteiger partial charge < -0.3 is 15.9 Å². The van der Waals surface area contributed by atoms with Gasteiger partial charge >= 0.3 is 0 Å². The number of aromatic hydroxyl groups is 1. The topological polar surface area (TPSA) is 66.5 Å². The number of anilines is 1. The summed E-state index contributed by atoms with van der Waals surface area (Å²) in [7, 11) is 0. The molecule has 0 spiro atoms. The van der Waals surface area contributed by atoms with Crippen LogP contribution in [0.1, 0.15) is 17.2 Å². The summed E-state index contributed by atoms with van der Waals surface area (Å²) >= 11 is 3.33. The molecule has 0 radical (unpaired) electrons. The van der Waals surface area contributed by atoms with Crippen LogP contribution in [0.2, 0.25) is 0 Å². The van der Waals surface area contributed by atoms with Gasteiger partial charge in [0.1, 0.15) is 11.9 Å². The SMILES string of the molecule is Nc1ccc(O)cc1C(O)c1ccc(Br)cc1. The van der Waals surface area contributed by atoms with Crippen molar-refractivity contribution in [3.63, 3.8) is 0 Å². The highest BCUT2D eigenvalue weighted by molar-refractivity contribution is 9.10. The zero-order valence-electron chi connectivity index (χ0n) is 8.97. The Balaban J connectivity index is 2.39. The Hall–Kier alpha value is -1.52. The highest BCUT2D eigenvalue weighted by Crippen LogP contribution is 2.30. The van der Waals surface area contributed by atoms with E-state index in [4.69, 9.17) is 5.73 Å². The van der Waals surface area contributed by atoms with Gasteiger partial charge in [-0.25, -0.2) is 0 Å². The number of nitrogens with two attached hydrogens (primary N) is 1. The molecule has 0 fully saturated rings. The maximum Gasteiger partial charge on any atom is 0.116 e. The van der Waals surface area contributed by atoms with E-state index in [1.54, 1.807) is 18.2 Å². The van der Waals surface area contributed by atoms with Crippen LogP contribution in [-0.4, -0.2) is 10.2 Å². The zero-order chi connectivity index (χ0) is 12.4. The predicted molar refractivity (Wildman–Crippen MR) is 70.7 cm³/mol. The van der Waals surface area contributed by atoms with Gasteiger partial charge in [-0.05, 0) is 35.9 Å². The average molecular weight is 294 g/mol. The average Bonchev–Trinajstić information content (AvgIpc) is 2.32. The molecular formula is C13H12BrNO2. The number of aliphatic hydroxyl groups is 1. The molecule has 0 saturated carbocycles. The highest BCUT2D eigenvalue weighted by atomic mass is 79.9. The molecule has 2 rings (SSSR count). The van der Waals surface area contributed by atoms with Gasteiger partial charge in [-0.2, -0.15) is 0 Å². The lowest BCUT2D eigenvalue weighted by molar-refractivity contribution is 0.220. The fraction of sp³-hybridized carbons (Fsp3) is 0.0769. The van der Waals surface area contributed by atoms with Crippen molar-refractivity contribution in [1.29, 1.82) is 0 Å². The van der Waals surface area contributed by atoms with E-state index in [9.17, 15) is 10.2 Å². The Morgan fingerprint density at radius 1 is 1.06 bits per heavy atom. The monoisotopic (exact) mass is 293 g/mol. The predicted octanol–water partition coefficient (Wildman–Crippen LogP) is 2.82. The summed E-state index contributed by atoms with van der Waals surface area (Å²) in [5, 5.41) is 19.6. The molecule has 17 heavy (non-hydrogen) atoms. The number of hydrogen-bond donors (Lipinski definition) is 3. The largest absolute Gasteiger partial charge is 0.508 e. The number of rotatable bonds is 2. The second kappa shape index (κ2) is 4.77. The zero-order valence-corrected chi connectivity index (χ0v) is 10.6. The Bertz CT molecular complexity index is 525. The summed E-state index contributed by atoms with van der Waals surface area (Å²) in [6.45, 7) is 0. The van der Waals surface area contributed by atoms with E-state index < -0.39 is 6.10 Å². The number of benzene rings is 2. The van der Waals surface area contributed by atoms with Gasteiger partial charge in [-0.1, -0.05) is 28.1 Å². The molecule has 4 heteroatoms. The van der Waals surface area contributed by atoms with Crippen molar-refractivity contribution in [3.8, 4) is 5.75 Å². The van der Waals surface area contributed by atoms with Gasteiger partial charge in [0.2, 0.25) is 0 Å². The first-order valence-corrected chi connectivity index (χ1v) is 5.89. The molecule has 3 nitrogen and oxygen atoms in total. The molecule has 88 valence electrons. The molecule has 1 unspecified atom stereocenters. The van der Waals surface area contributed by atoms with Crippen LogP contribution in [0.4, 0.5) is 5.69 Å². The third-order valence-corrected chi connectivity index (χ3v) is 3.08. The van der Waals surface area contributed by atoms with Crippen LogP contribution in [0.25, 0.3) is 0 Å². The number of phenols is 1. The van der Waals surface area contributed by atoms with Gasteiger partial charge in [-0.3, -0.25) is 0 Å². The van der Waals surface area contributed by atoms with E-state index in [1.165, 1.54) is 12.1 Å². The molecule has 0 amide bonds. The van der Waals surface area contributed by atoms with Gasteiger partial charge in [0, 0.05) is 15.7 Å². The molecule has 0 heterocycles. The normalized spacial score (nSPS) is 12.4. The Labute approximate surface area is 108 Å². The number of phenolic OH excluding ortho intramolecular Hbond substituents is 1. The van der Waals surface area contributed by atoms with Crippen molar-refractivity contribution in [2.24, 2.45) is 0 Å². The van der Waals surface area contributed by atoms with Crippen molar-refractivity contribution < 1.29 is 10.2 Å². The van der Waals surface area contributed by atoms with Gasteiger partial charge in [0.25, 0.3) is 0 Å². The molecule has 1 atom stereocenters.